The number of phosphoric acid groups is 1. The van der Waals surface area contributed by atoms with Crippen molar-refractivity contribution in [3.63, 3.8) is 0 Å². The molecule has 236 valence electrons. The fourth-order valence-corrected chi connectivity index (χ4v) is 6.14. The summed E-state index contributed by atoms with van der Waals surface area (Å²) in [5, 5.41) is 4.44. The molecule has 0 heterocycles. The van der Waals surface area contributed by atoms with E-state index < -0.39 is 56.3 Å². The zero-order valence-corrected chi connectivity index (χ0v) is 25.6. The number of ether oxygens (including phenoxy) is 1. The molecule has 0 radical (unpaired) electrons. The highest BCUT2D eigenvalue weighted by molar-refractivity contribution is 7.60. The van der Waals surface area contributed by atoms with Gasteiger partial charge in [-0.05, 0) is 61.1 Å². The van der Waals surface area contributed by atoms with Gasteiger partial charge in [-0.15, -0.1) is 0 Å². The molecule has 3 rings (SSSR count). The number of carbonyl (C=O) groups is 3. The number of hydrogen-bond acceptors (Lipinski definition) is 7. The highest BCUT2D eigenvalue weighted by Gasteiger charge is 2.29. The molecule has 2 atom stereocenters. The molecule has 1 aliphatic rings. The smallest absolute Gasteiger partial charge is 0.492 e. The van der Waals surface area contributed by atoms with E-state index in [0.29, 0.717) is 23.8 Å². The van der Waals surface area contributed by atoms with Crippen LogP contribution < -0.4 is 30.9 Å². The third-order valence-electron chi connectivity index (χ3n) is 7.02. The van der Waals surface area contributed by atoms with Crippen LogP contribution >= 0.6 is 15.4 Å². The summed E-state index contributed by atoms with van der Waals surface area (Å²) in [4.78, 5) is 74.9. The van der Waals surface area contributed by atoms with Crippen molar-refractivity contribution in [1.82, 2.24) is 10.6 Å². The minimum Gasteiger partial charge on any atom is -0.492 e. The molecule has 8 N–H and O–H groups in total. The summed E-state index contributed by atoms with van der Waals surface area (Å²) in [5.41, 5.74) is 6.47. The van der Waals surface area contributed by atoms with Gasteiger partial charge in [0, 0.05) is 13.3 Å². The summed E-state index contributed by atoms with van der Waals surface area (Å²) in [6.07, 6.45) is 5.39. The topological polar surface area (TPSA) is 235 Å². The van der Waals surface area contributed by atoms with Crippen LogP contribution in [0.4, 0.5) is 0 Å². The van der Waals surface area contributed by atoms with Gasteiger partial charge in [0.1, 0.15) is 22.8 Å². The van der Waals surface area contributed by atoms with Crippen molar-refractivity contribution in [2.24, 2.45) is 11.7 Å². The van der Waals surface area contributed by atoms with Gasteiger partial charge in [0.15, 0.2) is 0 Å². The molecular formula is C27H37N3O11P2. The molecule has 43 heavy (non-hydrogen) atoms. The fraction of sp³-hybridized carbons (Fsp3) is 0.444. The van der Waals surface area contributed by atoms with Crippen LogP contribution in [0, 0.1) is 5.92 Å². The first-order valence-corrected chi connectivity index (χ1v) is 16.8. The summed E-state index contributed by atoms with van der Waals surface area (Å²) < 4.78 is 33.5. The van der Waals surface area contributed by atoms with Gasteiger partial charge < -0.3 is 35.4 Å². The SMILES string of the molecule is CC(=O)N[C@@H](Cc1ccc(OP(=O)(O)O)c(P(=O)(O)O)c1)C(=O)N[C@@H](C)c1ccc(OCC2CCCCC2)c(C(N)=O)c1. The highest BCUT2D eigenvalue weighted by Crippen LogP contribution is 2.43. The Bertz CT molecular complexity index is 1430. The summed E-state index contributed by atoms with van der Waals surface area (Å²) >= 11 is 0. The zero-order chi connectivity index (χ0) is 31.9. The van der Waals surface area contributed by atoms with Crippen LogP contribution in [0.25, 0.3) is 0 Å². The number of carbonyl (C=O) groups excluding carboxylic acids is 3. The van der Waals surface area contributed by atoms with Gasteiger partial charge in [-0.2, -0.15) is 0 Å². The van der Waals surface area contributed by atoms with Crippen molar-refractivity contribution in [2.45, 2.75) is 64.5 Å². The highest BCUT2D eigenvalue weighted by atomic mass is 31.2. The molecule has 1 saturated carbocycles. The molecule has 0 unspecified atom stereocenters. The van der Waals surface area contributed by atoms with Gasteiger partial charge in [0.05, 0.1) is 18.2 Å². The van der Waals surface area contributed by atoms with Crippen molar-refractivity contribution in [3.05, 3.63) is 53.1 Å². The second kappa shape index (κ2) is 14.5. The van der Waals surface area contributed by atoms with Crippen molar-refractivity contribution < 1.29 is 52.3 Å². The summed E-state index contributed by atoms with van der Waals surface area (Å²) in [6.45, 7) is 3.32. The molecular weight excluding hydrogens is 604 g/mol. The predicted molar refractivity (Wildman–Crippen MR) is 156 cm³/mol. The maximum atomic E-state index is 13.2. The van der Waals surface area contributed by atoms with Crippen molar-refractivity contribution in [2.75, 3.05) is 6.61 Å². The Labute approximate surface area is 248 Å². The maximum Gasteiger partial charge on any atom is 0.524 e. The lowest BCUT2D eigenvalue weighted by molar-refractivity contribution is -0.128. The first-order valence-electron chi connectivity index (χ1n) is 13.6. The van der Waals surface area contributed by atoms with Gasteiger partial charge in [-0.1, -0.05) is 31.4 Å². The third-order valence-corrected chi connectivity index (χ3v) is 8.43. The number of primary amides is 1. The second-order valence-electron chi connectivity index (χ2n) is 10.6. The quantitative estimate of drug-likeness (QED) is 0.156. The molecule has 1 fully saturated rings. The van der Waals surface area contributed by atoms with Crippen LogP contribution in [0.15, 0.2) is 36.4 Å². The average Bonchev–Trinajstić information content (AvgIpc) is 2.91. The normalized spacial score (nSPS) is 15.7. The predicted octanol–water partition coefficient (Wildman–Crippen LogP) is 1.94. The van der Waals surface area contributed by atoms with E-state index in [-0.39, 0.29) is 17.5 Å². The summed E-state index contributed by atoms with van der Waals surface area (Å²) in [7, 11) is -10.2. The van der Waals surface area contributed by atoms with E-state index in [9.17, 15) is 33.3 Å². The number of amides is 3. The molecule has 0 bridgehead atoms. The van der Waals surface area contributed by atoms with E-state index in [4.69, 9.17) is 20.3 Å². The van der Waals surface area contributed by atoms with E-state index in [2.05, 4.69) is 15.2 Å². The molecule has 0 saturated heterocycles. The second-order valence-corrected chi connectivity index (χ2v) is 13.3. The lowest BCUT2D eigenvalue weighted by Gasteiger charge is -2.23. The van der Waals surface area contributed by atoms with Crippen molar-refractivity contribution in [1.29, 1.82) is 0 Å². The number of phosphoric ester groups is 1. The number of hydrogen-bond donors (Lipinski definition) is 7. The van der Waals surface area contributed by atoms with Crippen molar-refractivity contribution in [3.8, 4) is 11.5 Å². The van der Waals surface area contributed by atoms with Gasteiger partial charge >= 0.3 is 15.4 Å². The standard InChI is InChI=1S/C27H37N3O11P2/c1-16(20-9-11-23(21(14-20)26(28)32)40-15-18-6-4-3-5-7-18)29-27(33)22(30-17(2)31)12-19-8-10-24(41-43(37,38)39)25(13-19)42(34,35)36/h8-11,13-14,16,18,22H,3-7,12,15H2,1-2H3,(H2,28,32)(H,29,33)(H,30,31)(H2,34,35,36)(H2,37,38,39)/t16-,22-/m0/s1. The Morgan fingerprint density at radius 1 is 0.977 bits per heavy atom. The Morgan fingerprint density at radius 3 is 2.21 bits per heavy atom. The first kappa shape index (κ1) is 34.2. The molecule has 0 aromatic heterocycles. The molecule has 14 nitrogen and oxygen atoms in total. The Balaban J connectivity index is 1.78. The Hall–Kier alpha value is -3.25. The number of rotatable bonds is 13. The summed E-state index contributed by atoms with van der Waals surface area (Å²) in [6, 6.07) is 6.14. The van der Waals surface area contributed by atoms with Crippen LogP contribution in [-0.4, -0.2) is 49.9 Å². The van der Waals surface area contributed by atoms with Crippen LogP contribution in [-0.2, 0) is 25.1 Å². The van der Waals surface area contributed by atoms with E-state index in [0.717, 1.165) is 37.8 Å². The molecule has 16 heteroatoms. The lowest BCUT2D eigenvalue weighted by Crippen LogP contribution is -2.48. The third kappa shape index (κ3) is 10.5. The van der Waals surface area contributed by atoms with E-state index in [1.807, 2.05) is 0 Å². The number of nitrogens with one attached hydrogen (secondary N) is 2. The number of nitrogens with two attached hydrogens (primary N) is 1. The largest absolute Gasteiger partial charge is 0.524 e. The summed E-state index contributed by atoms with van der Waals surface area (Å²) in [5.74, 6) is -1.86. The Kier molecular flexibility index (Phi) is 11.5. The van der Waals surface area contributed by atoms with E-state index in [1.54, 1.807) is 19.1 Å². The van der Waals surface area contributed by atoms with Gasteiger partial charge in [0.25, 0.3) is 5.91 Å². The maximum absolute atomic E-state index is 13.2. The van der Waals surface area contributed by atoms with Crippen molar-refractivity contribution >= 4 is 38.4 Å². The zero-order valence-electron chi connectivity index (χ0n) is 23.8. The van der Waals surface area contributed by atoms with E-state index in [1.165, 1.54) is 25.5 Å². The molecule has 2 aromatic carbocycles. The van der Waals surface area contributed by atoms with Gasteiger partial charge in [-0.3, -0.25) is 28.7 Å². The van der Waals surface area contributed by atoms with E-state index >= 15 is 0 Å². The average molecular weight is 642 g/mol. The van der Waals surface area contributed by atoms with Crippen LogP contribution in [0.5, 0.6) is 11.5 Å². The Morgan fingerprint density at radius 2 is 1.63 bits per heavy atom. The molecule has 1 aliphatic carbocycles. The number of benzene rings is 2. The van der Waals surface area contributed by atoms with Crippen LogP contribution in [0.1, 0.15) is 73.5 Å². The molecule has 2 aromatic rings. The fourth-order valence-electron chi connectivity index (χ4n) is 4.91. The minimum absolute atomic E-state index is 0.161. The van der Waals surface area contributed by atoms with Crippen LogP contribution in [0.2, 0.25) is 0 Å². The first-order chi connectivity index (χ1) is 20.0. The minimum atomic E-state index is -5.13. The molecule has 0 spiro atoms. The molecule has 3 amide bonds. The van der Waals surface area contributed by atoms with Gasteiger partial charge in [0.2, 0.25) is 11.8 Å². The lowest BCUT2D eigenvalue weighted by atomic mass is 9.90. The van der Waals surface area contributed by atoms with Crippen LogP contribution in [0.3, 0.4) is 0 Å². The van der Waals surface area contributed by atoms with Gasteiger partial charge in [-0.25, -0.2) is 4.57 Å². The molecule has 0 aliphatic heterocycles. The monoisotopic (exact) mass is 641 g/mol.